The van der Waals surface area contributed by atoms with E-state index < -0.39 is 0 Å². The first-order chi connectivity index (χ1) is 4.45. The summed E-state index contributed by atoms with van der Waals surface area (Å²) < 4.78 is 0. The first kappa shape index (κ1) is 9.48. The molecule has 0 bridgehead atoms. The van der Waals surface area contributed by atoms with Gasteiger partial charge in [-0.1, -0.05) is 44.6 Å². The Labute approximate surface area is 64.6 Å². The molecule has 0 spiro atoms. The fourth-order valence-corrected chi connectivity index (χ4v) is 0.994. The van der Waals surface area contributed by atoms with Crippen LogP contribution in [0.4, 0.5) is 0 Å². The molecule has 0 heterocycles. The number of rotatable bonds is 1. The summed E-state index contributed by atoms with van der Waals surface area (Å²) in [5.41, 5.74) is 1.65. The molecular formula is C10H18. The van der Waals surface area contributed by atoms with Gasteiger partial charge in [0.2, 0.25) is 0 Å². The van der Waals surface area contributed by atoms with Crippen molar-refractivity contribution < 1.29 is 0 Å². The first-order valence-electron chi connectivity index (χ1n) is 3.78. The normalized spacial score (nSPS) is 14.7. The van der Waals surface area contributed by atoms with Gasteiger partial charge in [0.15, 0.2) is 0 Å². The van der Waals surface area contributed by atoms with Gasteiger partial charge in [0.25, 0.3) is 0 Å². The highest BCUT2D eigenvalue weighted by Gasteiger charge is 2.04. The molecule has 0 fully saturated rings. The molecule has 0 aromatic heterocycles. The molecule has 0 heteroatoms. The molecule has 0 amide bonds. The zero-order valence-electron chi connectivity index (χ0n) is 7.73. The van der Waals surface area contributed by atoms with E-state index in [1.165, 1.54) is 5.57 Å². The summed E-state index contributed by atoms with van der Waals surface area (Å²) in [5, 5.41) is 0. The van der Waals surface area contributed by atoms with Crippen LogP contribution in [0.5, 0.6) is 0 Å². The van der Waals surface area contributed by atoms with Crippen molar-refractivity contribution in [1.82, 2.24) is 0 Å². The van der Waals surface area contributed by atoms with Crippen LogP contribution in [-0.4, -0.2) is 0 Å². The molecular weight excluding hydrogens is 120 g/mol. The minimum Gasteiger partial charge on any atom is -0.0874 e. The van der Waals surface area contributed by atoms with Crippen molar-refractivity contribution in [1.29, 1.82) is 0 Å². The van der Waals surface area contributed by atoms with Crippen LogP contribution in [0.15, 0.2) is 23.8 Å². The zero-order valence-corrected chi connectivity index (χ0v) is 7.73. The molecule has 0 rings (SSSR count). The van der Waals surface area contributed by atoms with Crippen LogP contribution in [0.2, 0.25) is 0 Å². The molecule has 0 aromatic carbocycles. The van der Waals surface area contributed by atoms with E-state index in [2.05, 4.69) is 45.9 Å². The molecule has 0 aliphatic heterocycles. The van der Waals surface area contributed by atoms with Crippen LogP contribution in [0.25, 0.3) is 0 Å². The Morgan fingerprint density at radius 1 is 1.20 bits per heavy atom. The fourth-order valence-electron chi connectivity index (χ4n) is 0.994. The predicted octanol–water partition coefficient (Wildman–Crippen LogP) is 3.55. The second-order valence-corrected chi connectivity index (χ2v) is 3.75. The molecule has 10 heavy (non-hydrogen) atoms. The Morgan fingerprint density at radius 3 is 2.00 bits per heavy atom. The first-order valence-corrected chi connectivity index (χ1v) is 3.78. The Hall–Kier alpha value is -0.520. The van der Waals surface area contributed by atoms with Crippen LogP contribution in [-0.2, 0) is 0 Å². The largest absolute Gasteiger partial charge is 0.0874 e. The van der Waals surface area contributed by atoms with Crippen LogP contribution in [0.3, 0.4) is 0 Å². The second-order valence-electron chi connectivity index (χ2n) is 3.75. The summed E-state index contributed by atoms with van der Waals surface area (Å²) in [6.07, 6.45) is 6.47. The van der Waals surface area contributed by atoms with Crippen molar-refractivity contribution in [3.63, 3.8) is 0 Å². The number of hydrogen-bond donors (Lipinski definition) is 0. The summed E-state index contributed by atoms with van der Waals surface area (Å²) in [4.78, 5) is 0. The quantitative estimate of drug-likeness (QED) is 0.486. The Balaban J connectivity index is 4.17. The summed E-state index contributed by atoms with van der Waals surface area (Å²) >= 11 is 0. The van der Waals surface area contributed by atoms with E-state index in [0.717, 1.165) is 0 Å². The summed E-state index contributed by atoms with van der Waals surface area (Å²) in [5.74, 6) is 0. The van der Waals surface area contributed by atoms with E-state index in [0.29, 0.717) is 5.41 Å². The van der Waals surface area contributed by atoms with Crippen LogP contribution < -0.4 is 0 Å². The van der Waals surface area contributed by atoms with Gasteiger partial charge in [0.05, 0.1) is 0 Å². The lowest BCUT2D eigenvalue weighted by Crippen LogP contribution is -1.99. The van der Waals surface area contributed by atoms with Crippen molar-refractivity contribution in [3.05, 3.63) is 23.8 Å². The molecule has 0 aliphatic rings. The maximum absolute atomic E-state index is 2.27. The van der Waals surface area contributed by atoms with Crippen molar-refractivity contribution in [3.8, 4) is 0 Å². The third-order valence-corrected chi connectivity index (χ3v) is 1.09. The van der Waals surface area contributed by atoms with Crippen LogP contribution in [0, 0.1) is 5.41 Å². The van der Waals surface area contributed by atoms with Gasteiger partial charge in [-0.15, -0.1) is 0 Å². The van der Waals surface area contributed by atoms with Crippen molar-refractivity contribution in [2.24, 2.45) is 5.41 Å². The maximum Gasteiger partial charge on any atom is -0.0197 e. The molecule has 0 atom stereocenters. The fraction of sp³-hybridized carbons (Fsp3) is 0.600. The van der Waals surface area contributed by atoms with Gasteiger partial charge in [0.1, 0.15) is 0 Å². The number of allylic oxidation sites excluding steroid dienone is 4. The number of hydrogen-bond acceptors (Lipinski definition) is 0. The SMILES string of the molecule is C/C=C/C(C)=C/C(C)(C)C. The smallest absolute Gasteiger partial charge is 0.0197 e. The lowest BCUT2D eigenvalue weighted by molar-refractivity contribution is 0.541. The summed E-state index contributed by atoms with van der Waals surface area (Å²) in [6, 6.07) is 0. The van der Waals surface area contributed by atoms with Crippen molar-refractivity contribution >= 4 is 0 Å². The van der Waals surface area contributed by atoms with E-state index in [4.69, 9.17) is 0 Å². The molecule has 0 saturated carbocycles. The van der Waals surface area contributed by atoms with E-state index in [9.17, 15) is 0 Å². The van der Waals surface area contributed by atoms with E-state index >= 15 is 0 Å². The Morgan fingerprint density at radius 2 is 1.70 bits per heavy atom. The monoisotopic (exact) mass is 138 g/mol. The molecule has 0 radical (unpaired) electrons. The van der Waals surface area contributed by atoms with Gasteiger partial charge in [-0.05, 0) is 19.3 Å². The van der Waals surface area contributed by atoms with Crippen molar-refractivity contribution in [2.45, 2.75) is 34.6 Å². The topological polar surface area (TPSA) is 0 Å². The highest BCUT2D eigenvalue weighted by atomic mass is 14.1. The van der Waals surface area contributed by atoms with Gasteiger partial charge in [0, 0.05) is 0 Å². The summed E-state index contributed by atoms with van der Waals surface area (Å²) in [7, 11) is 0. The third-order valence-electron chi connectivity index (χ3n) is 1.09. The zero-order chi connectivity index (χ0) is 8.20. The van der Waals surface area contributed by atoms with Crippen molar-refractivity contribution in [2.75, 3.05) is 0 Å². The molecule has 0 saturated heterocycles. The van der Waals surface area contributed by atoms with E-state index in [-0.39, 0.29) is 0 Å². The molecule has 0 N–H and O–H groups in total. The van der Waals surface area contributed by atoms with E-state index in [1.807, 2.05) is 6.92 Å². The average Bonchev–Trinajstić information content (AvgIpc) is 1.59. The minimum absolute atomic E-state index is 0.309. The van der Waals surface area contributed by atoms with Gasteiger partial charge >= 0.3 is 0 Å². The van der Waals surface area contributed by atoms with Gasteiger partial charge in [-0.3, -0.25) is 0 Å². The highest BCUT2D eigenvalue weighted by molar-refractivity contribution is 5.17. The minimum atomic E-state index is 0.309. The molecule has 58 valence electrons. The van der Waals surface area contributed by atoms with Crippen LogP contribution in [0.1, 0.15) is 34.6 Å². The van der Waals surface area contributed by atoms with Gasteiger partial charge < -0.3 is 0 Å². The van der Waals surface area contributed by atoms with Gasteiger partial charge in [-0.25, -0.2) is 0 Å². The van der Waals surface area contributed by atoms with Gasteiger partial charge in [-0.2, -0.15) is 0 Å². The molecule has 0 aliphatic carbocycles. The molecule has 0 nitrogen and oxygen atoms in total. The Kier molecular flexibility index (Phi) is 3.41. The lowest BCUT2D eigenvalue weighted by atomic mass is 9.94. The molecule has 0 aromatic rings. The third kappa shape index (κ3) is 5.61. The lowest BCUT2D eigenvalue weighted by Gasteiger charge is -2.12. The standard InChI is InChI=1S/C10H18/c1-6-7-9(2)8-10(3,4)5/h6-8H,1-5H3/b7-6+,9-8+. The second kappa shape index (κ2) is 3.60. The van der Waals surface area contributed by atoms with Crippen LogP contribution >= 0.6 is 0 Å². The molecule has 0 unspecified atom stereocenters. The maximum atomic E-state index is 2.27. The predicted molar refractivity (Wildman–Crippen MR) is 48.0 cm³/mol. The van der Waals surface area contributed by atoms with E-state index in [1.54, 1.807) is 0 Å². The summed E-state index contributed by atoms with van der Waals surface area (Å²) in [6.45, 7) is 10.8. The average molecular weight is 138 g/mol. The highest BCUT2D eigenvalue weighted by Crippen LogP contribution is 2.17. The Bertz CT molecular complexity index is 142.